The predicted octanol–water partition coefficient (Wildman–Crippen LogP) is 1.64. The normalized spacial score (nSPS) is 17.7. The predicted molar refractivity (Wildman–Crippen MR) is 88.6 cm³/mol. The molecule has 1 N–H and O–H groups in total. The highest BCUT2D eigenvalue weighted by Gasteiger charge is 2.22. The summed E-state index contributed by atoms with van der Waals surface area (Å²) >= 11 is 1.48. The van der Waals surface area contributed by atoms with E-state index in [1.165, 1.54) is 11.3 Å². The first kappa shape index (κ1) is 17.4. The van der Waals surface area contributed by atoms with Crippen LogP contribution in [0.15, 0.2) is 11.4 Å². The van der Waals surface area contributed by atoms with Crippen molar-refractivity contribution in [1.29, 1.82) is 0 Å². The lowest BCUT2D eigenvalue weighted by molar-refractivity contribution is 0.00882. The smallest absolute Gasteiger partial charge is 0.264 e. The summed E-state index contributed by atoms with van der Waals surface area (Å²) in [5.74, 6) is 0.330. The molecule has 2 rings (SSSR count). The standard InChI is InChI=1S/C16H26N2O3S/c1-12(2)14-4-9-22-15(14)16(20)17(3)10-13(19)11-18-5-7-21-8-6-18/h4,9,12-13,19H,5-8,10-11H2,1-3H3. The van der Waals surface area contributed by atoms with Gasteiger partial charge in [0.15, 0.2) is 0 Å². The second-order valence-electron chi connectivity index (χ2n) is 6.11. The van der Waals surface area contributed by atoms with Gasteiger partial charge in [0.2, 0.25) is 0 Å². The first-order chi connectivity index (χ1) is 10.5. The third-order valence-corrected chi connectivity index (χ3v) is 4.83. The number of rotatable bonds is 6. The molecule has 1 aliphatic rings. The van der Waals surface area contributed by atoms with Gasteiger partial charge in [0.25, 0.3) is 5.91 Å². The summed E-state index contributed by atoms with van der Waals surface area (Å²) in [5, 5.41) is 12.2. The van der Waals surface area contributed by atoms with Crippen LogP contribution in [0.2, 0.25) is 0 Å². The first-order valence-corrected chi connectivity index (χ1v) is 8.68. The third-order valence-electron chi connectivity index (χ3n) is 3.92. The molecule has 5 nitrogen and oxygen atoms in total. The summed E-state index contributed by atoms with van der Waals surface area (Å²) < 4.78 is 5.30. The van der Waals surface area contributed by atoms with Gasteiger partial charge in [-0.3, -0.25) is 9.69 Å². The average Bonchev–Trinajstić information content (AvgIpc) is 2.96. The Morgan fingerprint density at radius 1 is 1.45 bits per heavy atom. The zero-order chi connectivity index (χ0) is 16.1. The zero-order valence-corrected chi connectivity index (χ0v) is 14.4. The molecule has 1 aliphatic heterocycles. The van der Waals surface area contributed by atoms with Crippen LogP contribution in [-0.2, 0) is 4.74 Å². The van der Waals surface area contributed by atoms with E-state index in [2.05, 4.69) is 18.7 Å². The second kappa shape index (κ2) is 8.06. The third kappa shape index (κ3) is 4.52. The van der Waals surface area contributed by atoms with E-state index in [9.17, 15) is 9.90 Å². The minimum Gasteiger partial charge on any atom is -0.390 e. The zero-order valence-electron chi connectivity index (χ0n) is 13.6. The molecule has 22 heavy (non-hydrogen) atoms. The van der Waals surface area contributed by atoms with Crippen LogP contribution in [0, 0.1) is 0 Å². The fourth-order valence-corrected chi connectivity index (χ4v) is 3.71. The molecular weight excluding hydrogens is 300 g/mol. The Bertz CT molecular complexity index is 483. The van der Waals surface area contributed by atoms with Crippen LogP contribution in [0.3, 0.4) is 0 Å². The molecule has 2 heterocycles. The van der Waals surface area contributed by atoms with Crippen molar-refractivity contribution < 1.29 is 14.6 Å². The lowest BCUT2D eigenvalue weighted by Crippen LogP contribution is -2.45. The highest BCUT2D eigenvalue weighted by Crippen LogP contribution is 2.25. The number of likely N-dealkylation sites (N-methyl/N-ethyl adjacent to an activating group) is 1. The quantitative estimate of drug-likeness (QED) is 0.863. The highest BCUT2D eigenvalue weighted by atomic mass is 32.1. The molecule has 0 saturated carbocycles. The number of carbonyl (C=O) groups excluding carboxylic acids is 1. The molecule has 1 unspecified atom stereocenters. The van der Waals surface area contributed by atoms with Crippen molar-refractivity contribution in [3.63, 3.8) is 0 Å². The maximum absolute atomic E-state index is 12.6. The van der Waals surface area contributed by atoms with E-state index >= 15 is 0 Å². The van der Waals surface area contributed by atoms with Crippen molar-refractivity contribution >= 4 is 17.2 Å². The van der Waals surface area contributed by atoms with Gasteiger partial charge in [0.05, 0.1) is 24.2 Å². The minimum atomic E-state index is -0.533. The van der Waals surface area contributed by atoms with E-state index in [4.69, 9.17) is 4.74 Å². The van der Waals surface area contributed by atoms with Crippen LogP contribution in [0.1, 0.15) is 35.0 Å². The number of aliphatic hydroxyl groups excluding tert-OH is 1. The number of ether oxygens (including phenoxy) is 1. The summed E-state index contributed by atoms with van der Waals surface area (Å²) in [6.45, 7) is 8.24. The van der Waals surface area contributed by atoms with Crippen LogP contribution in [0.5, 0.6) is 0 Å². The molecule has 124 valence electrons. The average molecular weight is 326 g/mol. The fourth-order valence-electron chi connectivity index (χ4n) is 2.66. The number of amides is 1. The van der Waals surface area contributed by atoms with E-state index in [-0.39, 0.29) is 5.91 Å². The number of aliphatic hydroxyl groups is 1. The monoisotopic (exact) mass is 326 g/mol. The van der Waals surface area contributed by atoms with E-state index in [0.29, 0.717) is 32.2 Å². The molecule has 1 atom stereocenters. The van der Waals surface area contributed by atoms with Crippen molar-refractivity contribution in [1.82, 2.24) is 9.80 Å². The highest BCUT2D eigenvalue weighted by molar-refractivity contribution is 7.12. The Balaban J connectivity index is 1.88. The number of hydrogen-bond acceptors (Lipinski definition) is 5. The van der Waals surface area contributed by atoms with Crippen LogP contribution >= 0.6 is 11.3 Å². The van der Waals surface area contributed by atoms with Crippen molar-refractivity contribution in [2.45, 2.75) is 25.9 Å². The van der Waals surface area contributed by atoms with Gasteiger partial charge in [0, 0.05) is 33.2 Å². The number of β-amino-alcohol motifs (C(OH)–C–C–N with tert-alkyl or cyclic N) is 1. The van der Waals surface area contributed by atoms with Gasteiger partial charge in [-0.1, -0.05) is 13.8 Å². The summed E-state index contributed by atoms with van der Waals surface area (Å²) in [6, 6.07) is 2.01. The molecule has 1 aromatic rings. The maximum Gasteiger partial charge on any atom is 0.264 e. The van der Waals surface area contributed by atoms with Gasteiger partial charge in [-0.05, 0) is 22.9 Å². The Hall–Kier alpha value is -0.950. The lowest BCUT2D eigenvalue weighted by atomic mass is 10.0. The van der Waals surface area contributed by atoms with Gasteiger partial charge in [0.1, 0.15) is 0 Å². The summed E-state index contributed by atoms with van der Waals surface area (Å²) in [6.07, 6.45) is -0.533. The van der Waals surface area contributed by atoms with E-state index in [1.807, 2.05) is 11.4 Å². The van der Waals surface area contributed by atoms with Gasteiger partial charge >= 0.3 is 0 Å². The van der Waals surface area contributed by atoms with Crippen molar-refractivity contribution in [2.75, 3.05) is 46.4 Å². The topological polar surface area (TPSA) is 53.0 Å². The number of nitrogens with zero attached hydrogens (tertiary/aromatic N) is 2. The number of hydrogen-bond donors (Lipinski definition) is 1. The minimum absolute atomic E-state index is 0.000252. The molecule has 1 saturated heterocycles. The molecule has 6 heteroatoms. The van der Waals surface area contributed by atoms with E-state index in [0.717, 1.165) is 23.5 Å². The molecular formula is C16H26N2O3S. The molecule has 1 amide bonds. The summed E-state index contributed by atoms with van der Waals surface area (Å²) in [4.78, 5) is 17.1. The lowest BCUT2D eigenvalue weighted by Gasteiger charge is -2.30. The molecule has 0 aromatic carbocycles. The summed E-state index contributed by atoms with van der Waals surface area (Å²) in [7, 11) is 1.76. The van der Waals surface area contributed by atoms with Gasteiger partial charge in [-0.25, -0.2) is 0 Å². The van der Waals surface area contributed by atoms with Crippen molar-refractivity contribution in [3.8, 4) is 0 Å². The molecule has 0 spiro atoms. The van der Waals surface area contributed by atoms with Crippen LogP contribution < -0.4 is 0 Å². The van der Waals surface area contributed by atoms with Gasteiger partial charge in [-0.15, -0.1) is 11.3 Å². The fraction of sp³-hybridized carbons (Fsp3) is 0.688. The number of morpholine rings is 1. The van der Waals surface area contributed by atoms with Crippen LogP contribution in [0.25, 0.3) is 0 Å². The van der Waals surface area contributed by atoms with Crippen molar-refractivity contribution in [3.05, 3.63) is 21.9 Å². The van der Waals surface area contributed by atoms with Crippen LogP contribution in [0.4, 0.5) is 0 Å². The Morgan fingerprint density at radius 3 is 2.77 bits per heavy atom. The Labute approximate surface area is 136 Å². The van der Waals surface area contributed by atoms with Gasteiger partial charge in [-0.2, -0.15) is 0 Å². The van der Waals surface area contributed by atoms with Gasteiger partial charge < -0.3 is 14.7 Å². The largest absolute Gasteiger partial charge is 0.390 e. The summed E-state index contributed by atoms with van der Waals surface area (Å²) in [5.41, 5.74) is 1.09. The van der Waals surface area contributed by atoms with E-state index in [1.54, 1.807) is 11.9 Å². The van der Waals surface area contributed by atoms with Crippen LogP contribution in [-0.4, -0.2) is 73.4 Å². The second-order valence-corrected chi connectivity index (χ2v) is 7.03. The SMILES string of the molecule is CC(C)c1ccsc1C(=O)N(C)CC(O)CN1CCOCC1. The molecule has 1 aromatic heterocycles. The number of thiophene rings is 1. The molecule has 0 radical (unpaired) electrons. The number of carbonyl (C=O) groups is 1. The Kier molecular flexibility index (Phi) is 6.37. The Morgan fingerprint density at radius 2 is 2.14 bits per heavy atom. The molecule has 1 fully saturated rings. The maximum atomic E-state index is 12.6. The first-order valence-electron chi connectivity index (χ1n) is 7.80. The van der Waals surface area contributed by atoms with E-state index < -0.39 is 6.10 Å². The molecule has 0 bridgehead atoms. The molecule has 0 aliphatic carbocycles. The van der Waals surface area contributed by atoms with Crippen molar-refractivity contribution in [2.24, 2.45) is 0 Å².